The van der Waals surface area contributed by atoms with E-state index >= 15 is 0 Å². The second-order valence-electron chi connectivity index (χ2n) is 40.1. The van der Waals surface area contributed by atoms with Gasteiger partial charge in [0.05, 0.1) is 41.8 Å². The van der Waals surface area contributed by atoms with Crippen molar-refractivity contribution in [2.75, 3.05) is 0 Å². The third-order valence-corrected chi connectivity index (χ3v) is 34.0. The molecule has 1 heterocycles. The Bertz CT molecular complexity index is 2760. The quantitative estimate of drug-likeness (QED) is 0.0755. The number of carbonyl (C=O) groups is 5. The van der Waals surface area contributed by atoms with Crippen LogP contribution in [0.5, 0.6) is 0 Å². The van der Waals surface area contributed by atoms with E-state index in [2.05, 4.69) is 104 Å². The molecule has 105 heavy (non-hydrogen) atoms. The number of hydrogen-bond donors (Lipinski definition) is 0. The Morgan fingerprint density at radius 1 is 0.333 bits per heavy atom. The van der Waals surface area contributed by atoms with Crippen LogP contribution in [0.1, 0.15) is 375 Å². The minimum absolute atomic E-state index is 0.0257. The molecule has 0 radical (unpaired) electrons. The molecule has 0 amide bonds. The van der Waals surface area contributed by atoms with Gasteiger partial charge in [0.25, 0.3) is 0 Å². The predicted molar refractivity (Wildman–Crippen MR) is 421 cm³/mol. The summed E-state index contributed by atoms with van der Waals surface area (Å²) >= 11 is 0. The maximum Gasteiger partial charge on any atom is 0.312 e. The summed E-state index contributed by atoms with van der Waals surface area (Å²) in [5.74, 6) is 17.6. The normalized spacial score (nSPS) is 41.7. The second-order valence-corrected chi connectivity index (χ2v) is 40.1. The van der Waals surface area contributed by atoms with Crippen LogP contribution >= 0.6 is 0 Å². The van der Waals surface area contributed by atoms with Gasteiger partial charge in [0.2, 0.25) is 0 Å². The first-order valence-electron chi connectivity index (χ1n) is 46.0. The van der Waals surface area contributed by atoms with Gasteiger partial charge in [-0.15, -0.1) is 0 Å². The van der Waals surface area contributed by atoms with E-state index in [1.807, 2.05) is 13.8 Å². The summed E-state index contributed by atoms with van der Waals surface area (Å²) in [6.45, 7) is 37.6. The van der Waals surface area contributed by atoms with E-state index in [4.69, 9.17) is 28.4 Å². The van der Waals surface area contributed by atoms with Crippen LogP contribution in [0.3, 0.4) is 0 Å². The lowest BCUT2D eigenvalue weighted by Crippen LogP contribution is -2.39. The van der Waals surface area contributed by atoms with Crippen molar-refractivity contribution in [2.45, 2.75) is 415 Å². The first-order valence-corrected chi connectivity index (χ1v) is 46.0. The van der Waals surface area contributed by atoms with E-state index in [0.717, 1.165) is 210 Å². The van der Waals surface area contributed by atoms with Crippen LogP contribution in [0, 0.1) is 148 Å². The van der Waals surface area contributed by atoms with Gasteiger partial charge >= 0.3 is 29.8 Å². The Morgan fingerprint density at radius 2 is 0.676 bits per heavy atom. The van der Waals surface area contributed by atoms with Gasteiger partial charge in [-0.25, -0.2) is 0 Å². The van der Waals surface area contributed by atoms with Gasteiger partial charge < -0.3 is 28.4 Å². The summed E-state index contributed by atoms with van der Waals surface area (Å²) in [5, 5.41) is 0. The van der Waals surface area contributed by atoms with Crippen molar-refractivity contribution in [1.82, 2.24) is 0 Å². The van der Waals surface area contributed by atoms with E-state index in [-0.39, 0.29) is 99.6 Å². The average Bonchev–Trinajstić information content (AvgIpc) is 1.58. The van der Waals surface area contributed by atoms with Crippen molar-refractivity contribution in [3.05, 3.63) is 0 Å². The zero-order valence-corrected chi connectivity index (χ0v) is 70.4. The highest BCUT2D eigenvalue weighted by Gasteiger charge is 2.65. The molecule has 27 atom stereocenters. The molecule has 15 fully saturated rings. The summed E-state index contributed by atoms with van der Waals surface area (Å²) in [6.07, 6.45) is 47.2. The van der Waals surface area contributed by atoms with E-state index < -0.39 is 0 Å². The van der Waals surface area contributed by atoms with Gasteiger partial charge in [0, 0.05) is 0 Å². The van der Waals surface area contributed by atoms with Crippen LogP contribution < -0.4 is 0 Å². The number of hydrogen-bond acceptors (Lipinski definition) is 11. The fraction of sp³-hybridized carbons (Fsp3) is 0.947. The maximum absolute atomic E-state index is 13.1. The first-order chi connectivity index (χ1) is 50.2. The number of ether oxygens (including phenoxy) is 6. The fourth-order valence-corrected chi connectivity index (χ4v) is 27.9. The number of esters is 5. The molecule has 0 aromatic rings. The Hall–Kier alpha value is -2.69. The van der Waals surface area contributed by atoms with E-state index in [0.29, 0.717) is 23.7 Å². The highest BCUT2D eigenvalue weighted by atomic mass is 16.6. The van der Waals surface area contributed by atoms with E-state index in [1.54, 1.807) is 0 Å². The topological polar surface area (TPSA) is 141 Å². The van der Waals surface area contributed by atoms with Crippen molar-refractivity contribution >= 4 is 29.8 Å². The number of rotatable bonds is 22. The van der Waals surface area contributed by atoms with Crippen molar-refractivity contribution in [2.24, 2.45) is 148 Å². The maximum atomic E-state index is 13.1. The van der Waals surface area contributed by atoms with Crippen molar-refractivity contribution < 1.29 is 52.4 Å². The summed E-state index contributed by atoms with van der Waals surface area (Å²) in [7, 11) is 0. The SMILES string of the molecule is CCC1CC(C(=O)OC2(C)CCCC2)C(CC)O1.CCC1CC(CC)C(C(=O)OC2(C)CCCC2)C1.CCC1CC(CC)C2C3CC(CC3C(=O)OC(C)(C)CC)C12.CCC1CC(CC)C2C3CC(CC3C(=O)OC3(C)CCCC3)C12.CCC1CC(CC)C2C3CC(CC3C(=O)OC3(CC)CCCC3)C12. The molecule has 27 unspecified atom stereocenters. The molecular formula is C94H158O11. The monoisotopic (exact) mass is 1460 g/mol. The summed E-state index contributed by atoms with van der Waals surface area (Å²) < 4.78 is 35.7. The molecule has 1 aliphatic heterocycles. The minimum atomic E-state index is -0.301. The Morgan fingerprint density at radius 3 is 1.02 bits per heavy atom. The molecule has 600 valence electrons. The molecular weight excluding hydrogens is 1310 g/mol. The zero-order chi connectivity index (χ0) is 75.5. The van der Waals surface area contributed by atoms with Gasteiger partial charge in [0.1, 0.15) is 28.0 Å². The lowest BCUT2D eigenvalue weighted by Gasteiger charge is -2.37. The molecule has 0 N–H and O–H groups in total. The van der Waals surface area contributed by atoms with Crippen molar-refractivity contribution in [3.63, 3.8) is 0 Å². The standard InChI is InChI=1S/C22H36O2.C21H34O2.C20H34O2.C16H28O2.C15H26O3/c1-4-14-11-15(5-2)20-17-12-16(19(14)20)13-18(17)21(23)24-22(6-3)9-7-8-10-22;1-4-13-10-14(5-2)19-16-11-15(18(13)19)12-17(16)20(22)23-21(3)8-6-7-9-21;1-6-12-9-13(7-2)18-15-10-14(17(12)18)11-16(15)19(21)22-20(4,5)8-3;1-4-12-10-13(5-2)14(11-12)15(17)18-16(3)8-6-7-9-16;1-4-11-10-12(13(5-2)17-11)14(16)18-15(3)8-6-7-9-15/h14-20H,4-13H2,1-3H3;13-19H,4-12H2,1-3H3;12-18H,6-11H2,1-5H3;12-14H,4-11H2,1-3H3;11-13H,4-10H2,1-3H3. The molecule has 15 aliphatic rings. The zero-order valence-electron chi connectivity index (χ0n) is 70.4. The predicted octanol–water partition coefficient (Wildman–Crippen LogP) is 23.6. The first kappa shape index (κ1) is 83.3. The van der Waals surface area contributed by atoms with Crippen LogP contribution in [0.15, 0.2) is 0 Å². The largest absolute Gasteiger partial charge is 0.459 e. The summed E-state index contributed by atoms with van der Waals surface area (Å²) in [5.41, 5.74) is -0.919. The number of fused-ring (bicyclic) bond motifs is 15. The van der Waals surface area contributed by atoms with Gasteiger partial charge in [0.15, 0.2) is 0 Å². The molecule has 0 aromatic heterocycles. The number of carbonyl (C=O) groups excluding carboxylic acids is 5. The fourth-order valence-electron chi connectivity index (χ4n) is 27.9. The lowest BCUT2D eigenvalue weighted by atomic mass is 9.70. The Labute approximate surface area is 641 Å². The molecule has 15 rings (SSSR count). The average molecular weight is 1460 g/mol. The minimum Gasteiger partial charge on any atom is -0.459 e. The van der Waals surface area contributed by atoms with Gasteiger partial charge in [-0.3, -0.25) is 24.0 Å². The van der Waals surface area contributed by atoms with Gasteiger partial charge in [-0.2, -0.15) is 0 Å². The molecule has 11 heteroatoms. The van der Waals surface area contributed by atoms with Gasteiger partial charge in [-0.1, -0.05) is 134 Å². The van der Waals surface area contributed by atoms with Crippen molar-refractivity contribution in [1.29, 1.82) is 0 Å². The van der Waals surface area contributed by atoms with Crippen LogP contribution in [0.4, 0.5) is 0 Å². The molecule has 0 aromatic carbocycles. The Kier molecular flexibility index (Phi) is 28.2. The molecule has 14 aliphatic carbocycles. The smallest absolute Gasteiger partial charge is 0.312 e. The van der Waals surface area contributed by atoms with Crippen LogP contribution in [0.2, 0.25) is 0 Å². The molecule has 14 saturated carbocycles. The summed E-state index contributed by atoms with van der Waals surface area (Å²) in [6, 6.07) is 0. The molecule has 6 bridgehead atoms. The van der Waals surface area contributed by atoms with E-state index in [9.17, 15) is 24.0 Å². The van der Waals surface area contributed by atoms with Crippen LogP contribution in [0.25, 0.3) is 0 Å². The van der Waals surface area contributed by atoms with Gasteiger partial charge in [-0.05, 0) is 358 Å². The highest BCUT2D eigenvalue weighted by Crippen LogP contribution is 2.69. The van der Waals surface area contributed by atoms with Crippen LogP contribution in [-0.4, -0.2) is 70.1 Å². The molecule has 0 spiro atoms. The second kappa shape index (κ2) is 35.6. The third kappa shape index (κ3) is 17.9. The van der Waals surface area contributed by atoms with Crippen LogP contribution in [-0.2, 0) is 52.4 Å². The molecule has 11 nitrogen and oxygen atoms in total. The Balaban J connectivity index is 0.000000132. The molecule has 1 saturated heterocycles. The van der Waals surface area contributed by atoms with E-state index in [1.165, 1.54) is 141 Å². The lowest BCUT2D eigenvalue weighted by molar-refractivity contribution is -0.169. The highest BCUT2D eigenvalue weighted by molar-refractivity contribution is 5.76. The third-order valence-electron chi connectivity index (χ3n) is 34.0. The van der Waals surface area contributed by atoms with Crippen molar-refractivity contribution in [3.8, 4) is 0 Å². The summed E-state index contributed by atoms with van der Waals surface area (Å²) in [4.78, 5) is 63.4.